The van der Waals surface area contributed by atoms with Crippen LogP contribution in [0, 0.1) is 13.8 Å². The van der Waals surface area contributed by atoms with E-state index in [2.05, 4.69) is 10.3 Å². The van der Waals surface area contributed by atoms with Gasteiger partial charge in [-0.1, -0.05) is 18.2 Å². The highest BCUT2D eigenvalue weighted by Crippen LogP contribution is 2.21. The van der Waals surface area contributed by atoms with Gasteiger partial charge in [0, 0.05) is 11.8 Å². The molecule has 0 atom stereocenters. The van der Waals surface area contributed by atoms with Gasteiger partial charge in [-0.25, -0.2) is 4.98 Å². The Hall–Kier alpha value is -2.66. The van der Waals surface area contributed by atoms with Gasteiger partial charge in [0.2, 0.25) is 0 Å². The van der Waals surface area contributed by atoms with E-state index in [9.17, 15) is 4.79 Å². The van der Waals surface area contributed by atoms with E-state index in [4.69, 9.17) is 4.74 Å². The Morgan fingerprint density at radius 1 is 1.21 bits per heavy atom. The second-order valence-corrected chi connectivity index (χ2v) is 6.46. The zero-order chi connectivity index (χ0) is 16.9. The zero-order valence-corrected chi connectivity index (χ0v) is 14.4. The van der Waals surface area contributed by atoms with Gasteiger partial charge < -0.3 is 10.1 Å². The normalized spacial score (nSPS) is 10.4. The van der Waals surface area contributed by atoms with Gasteiger partial charge in [-0.05, 0) is 54.6 Å². The summed E-state index contributed by atoms with van der Waals surface area (Å²) in [5.41, 5.74) is 3.13. The van der Waals surface area contributed by atoms with Crippen molar-refractivity contribution >= 4 is 23.1 Å². The first kappa shape index (κ1) is 16.2. The zero-order valence-electron chi connectivity index (χ0n) is 13.6. The summed E-state index contributed by atoms with van der Waals surface area (Å²) < 4.78 is 5.81. The molecule has 2 aromatic heterocycles. The summed E-state index contributed by atoms with van der Waals surface area (Å²) in [5, 5.41) is 4.76. The largest absolute Gasteiger partial charge is 0.489 e. The number of nitrogens with one attached hydrogen (secondary N) is 1. The van der Waals surface area contributed by atoms with E-state index in [1.807, 2.05) is 61.7 Å². The van der Waals surface area contributed by atoms with Gasteiger partial charge in [0.1, 0.15) is 18.2 Å². The second kappa shape index (κ2) is 7.27. The van der Waals surface area contributed by atoms with Gasteiger partial charge in [0.15, 0.2) is 0 Å². The Bertz CT molecular complexity index is 858. The Labute approximate surface area is 145 Å². The molecule has 0 bridgehead atoms. The Kier molecular flexibility index (Phi) is 4.91. The minimum absolute atomic E-state index is 0.153. The van der Waals surface area contributed by atoms with Crippen molar-refractivity contribution < 1.29 is 9.53 Å². The van der Waals surface area contributed by atoms with Crippen molar-refractivity contribution in [2.75, 3.05) is 5.32 Å². The number of benzene rings is 1. The molecule has 0 saturated heterocycles. The number of ether oxygens (including phenoxy) is 1. The van der Waals surface area contributed by atoms with Crippen LogP contribution in [0.2, 0.25) is 0 Å². The van der Waals surface area contributed by atoms with Crippen LogP contribution >= 0.6 is 11.3 Å². The van der Waals surface area contributed by atoms with E-state index in [-0.39, 0.29) is 5.91 Å². The van der Waals surface area contributed by atoms with Crippen LogP contribution in [0.25, 0.3) is 0 Å². The molecule has 0 radical (unpaired) electrons. The SMILES string of the molecule is Cc1ccnc(NC(=O)c2cc(COc3ccccc3C)cs2)c1. The standard InChI is InChI=1S/C19H18N2O2S/c1-13-7-8-20-18(9-13)21-19(22)17-10-15(12-24-17)11-23-16-6-4-3-5-14(16)2/h3-10,12H,11H2,1-2H3,(H,20,21,22). The molecule has 3 rings (SSSR count). The maximum Gasteiger partial charge on any atom is 0.266 e. The smallest absolute Gasteiger partial charge is 0.266 e. The minimum Gasteiger partial charge on any atom is -0.489 e. The van der Waals surface area contributed by atoms with Crippen LogP contribution in [0.3, 0.4) is 0 Å². The first-order chi connectivity index (χ1) is 11.6. The topological polar surface area (TPSA) is 51.2 Å². The molecule has 0 aliphatic rings. The number of anilines is 1. The van der Waals surface area contributed by atoms with Crippen LogP contribution in [-0.2, 0) is 6.61 Å². The maximum absolute atomic E-state index is 12.3. The van der Waals surface area contributed by atoms with Crippen molar-refractivity contribution in [1.29, 1.82) is 0 Å². The van der Waals surface area contributed by atoms with Gasteiger partial charge in [-0.3, -0.25) is 4.79 Å². The molecule has 0 spiro atoms. The van der Waals surface area contributed by atoms with Crippen molar-refractivity contribution in [2.24, 2.45) is 0 Å². The quantitative estimate of drug-likeness (QED) is 0.740. The number of carbonyl (C=O) groups is 1. The van der Waals surface area contributed by atoms with Crippen molar-refractivity contribution in [3.63, 3.8) is 0 Å². The summed E-state index contributed by atoms with van der Waals surface area (Å²) >= 11 is 1.40. The van der Waals surface area contributed by atoms with Crippen LogP contribution < -0.4 is 10.1 Å². The summed E-state index contributed by atoms with van der Waals surface area (Å²) in [6, 6.07) is 13.5. The highest BCUT2D eigenvalue weighted by molar-refractivity contribution is 7.12. The molecule has 1 N–H and O–H groups in total. The highest BCUT2D eigenvalue weighted by Gasteiger charge is 2.11. The number of para-hydroxylation sites is 1. The molecule has 122 valence electrons. The summed E-state index contributed by atoms with van der Waals surface area (Å²) in [4.78, 5) is 17.1. The third kappa shape index (κ3) is 4.00. The molecule has 2 heterocycles. The van der Waals surface area contributed by atoms with E-state index < -0.39 is 0 Å². The highest BCUT2D eigenvalue weighted by atomic mass is 32.1. The van der Waals surface area contributed by atoms with Crippen LogP contribution in [0.4, 0.5) is 5.82 Å². The Morgan fingerprint density at radius 2 is 2.04 bits per heavy atom. The average molecular weight is 338 g/mol. The molecule has 5 heteroatoms. The summed E-state index contributed by atoms with van der Waals surface area (Å²) in [5.74, 6) is 1.27. The number of thiophene rings is 1. The van der Waals surface area contributed by atoms with Crippen molar-refractivity contribution in [3.8, 4) is 5.75 Å². The van der Waals surface area contributed by atoms with Crippen molar-refractivity contribution in [1.82, 2.24) is 4.98 Å². The molecule has 0 unspecified atom stereocenters. The van der Waals surface area contributed by atoms with Crippen molar-refractivity contribution in [2.45, 2.75) is 20.5 Å². The summed E-state index contributed by atoms with van der Waals surface area (Å²) in [7, 11) is 0. The molecule has 0 aliphatic heterocycles. The van der Waals surface area contributed by atoms with Crippen LogP contribution in [-0.4, -0.2) is 10.9 Å². The Morgan fingerprint density at radius 3 is 2.83 bits per heavy atom. The molecule has 4 nitrogen and oxygen atoms in total. The van der Waals surface area contributed by atoms with Gasteiger partial charge >= 0.3 is 0 Å². The third-order valence-corrected chi connectivity index (χ3v) is 4.50. The number of aryl methyl sites for hydroxylation is 2. The number of amides is 1. The molecule has 24 heavy (non-hydrogen) atoms. The number of rotatable bonds is 5. The molecule has 1 amide bonds. The summed E-state index contributed by atoms with van der Waals surface area (Å²) in [6.45, 7) is 4.41. The van der Waals surface area contributed by atoms with Crippen LogP contribution in [0.5, 0.6) is 5.75 Å². The molecule has 0 saturated carbocycles. The lowest BCUT2D eigenvalue weighted by molar-refractivity contribution is 0.103. The van der Waals surface area contributed by atoms with Crippen LogP contribution in [0.1, 0.15) is 26.4 Å². The second-order valence-electron chi connectivity index (χ2n) is 5.55. The molecule has 1 aromatic carbocycles. The van der Waals surface area contributed by atoms with E-state index in [1.54, 1.807) is 6.20 Å². The third-order valence-electron chi connectivity index (χ3n) is 3.52. The van der Waals surface area contributed by atoms with Gasteiger partial charge in [0.25, 0.3) is 5.91 Å². The predicted molar refractivity (Wildman–Crippen MR) is 96.8 cm³/mol. The van der Waals surface area contributed by atoms with E-state index in [0.717, 1.165) is 22.4 Å². The first-order valence-electron chi connectivity index (χ1n) is 7.61. The molecule has 3 aromatic rings. The minimum atomic E-state index is -0.153. The Balaban J connectivity index is 1.62. The fourth-order valence-electron chi connectivity index (χ4n) is 2.23. The van der Waals surface area contributed by atoms with Gasteiger partial charge in [-0.15, -0.1) is 11.3 Å². The molecular formula is C19H18N2O2S. The first-order valence-corrected chi connectivity index (χ1v) is 8.49. The van der Waals surface area contributed by atoms with Gasteiger partial charge in [0.05, 0.1) is 4.88 Å². The van der Waals surface area contributed by atoms with Crippen LogP contribution in [0.15, 0.2) is 54.0 Å². The van der Waals surface area contributed by atoms with E-state index >= 15 is 0 Å². The monoisotopic (exact) mass is 338 g/mol. The number of hydrogen-bond acceptors (Lipinski definition) is 4. The number of hydrogen-bond donors (Lipinski definition) is 1. The predicted octanol–water partition coefficient (Wildman–Crippen LogP) is 4.59. The number of pyridine rings is 1. The van der Waals surface area contributed by atoms with Crippen molar-refractivity contribution in [3.05, 3.63) is 75.6 Å². The van der Waals surface area contributed by atoms with Gasteiger partial charge in [-0.2, -0.15) is 0 Å². The summed E-state index contributed by atoms with van der Waals surface area (Å²) in [6.07, 6.45) is 1.68. The molecule has 0 fully saturated rings. The van der Waals surface area contributed by atoms with E-state index in [1.165, 1.54) is 11.3 Å². The molecular weight excluding hydrogens is 320 g/mol. The lowest BCUT2D eigenvalue weighted by Crippen LogP contribution is -2.11. The number of aromatic nitrogens is 1. The lowest BCUT2D eigenvalue weighted by Gasteiger charge is -2.07. The lowest BCUT2D eigenvalue weighted by atomic mass is 10.2. The number of carbonyl (C=O) groups excluding carboxylic acids is 1. The molecule has 0 aliphatic carbocycles. The number of nitrogens with zero attached hydrogens (tertiary/aromatic N) is 1. The van der Waals surface area contributed by atoms with E-state index in [0.29, 0.717) is 17.3 Å². The fourth-order valence-corrected chi connectivity index (χ4v) is 3.02. The fraction of sp³-hybridized carbons (Fsp3) is 0.158. The average Bonchev–Trinajstić information content (AvgIpc) is 3.03. The maximum atomic E-state index is 12.3.